The van der Waals surface area contributed by atoms with Crippen LogP contribution in [0.4, 0.5) is 10.1 Å². The van der Waals surface area contributed by atoms with Crippen LogP contribution in [0.3, 0.4) is 0 Å². The van der Waals surface area contributed by atoms with Crippen LogP contribution in [0.2, 0.25) is 0 Å². The van der Waals surface area contributed by atoms with Crippen molar-refractivity contribution in [3.63, 3.8) is 0 Å². The Balaban J connectivity index is 1.80. The minimum Gasteiger partial charge on any atom is -0.492 e. The fraction of sp³-hybridized carbons (Fsp3) is 0.133. The third-order valence-corrected chi connectivity index (χ3v) is 2.58. The van der Waals surface area contributed by atoms with Gasteiger partial charge < -0.3 is 15.8 Å². The van der Waals surface area contributed by atoms with E-state index in [4.69, 9.17) is 10.5 Å². The van der Waals surface area contributed by atoms with Crippen LogP contribution in [0.1, 0.15) is 10.4 Å². The summed E-state index contributed by atoms with van der Waals surface area (Å²) in [6.45, 7) is 0.657. The molecule has 2 aromatic carbocycles. The van der Waals surface area contributed by atoms with Gasteiger partial charge in [0.25, 0.3) is 5.91 Å². The van der Waals surface area contributed by atoms with Gasteiger partial charge in [-0.05, 0) is 30.3 Å². The highest BCUT2D eigenvalue weighted by molar-refractivity contribution is 5.95. The maximum Gasteiger partial charge on any atom is 0.251 e. The van der Waals surface area contributed by atoms with E-state index >= 15 is 0 Å². The number of hydrogen-bond acceptors (Lipinski definition) is 3. The van der Waals surface area contributed by atoms with Crippen molar-refractivity contribution in [2.24, 2.45) is 0 Å². The average molecular weight is 274 g/mol. The molecule has 2 aromatic rings. The van der Waals surface area contributed by atoms with E-state index in [1.165, 1.54) is 6.07 Å². The maximum absolute atomic E-state index is 13.1. The largest absolute Gasteiger partial charge is 0.492 e. The highest BCUT2D eigenvalue weighted by Gasteiger charge is 2.07. The Morgan fingerprint density at radius 2 is 1.95 bits per heavy atom. The summed E-state index contributed by atoms with van der Waals surface area (Å²) in [6, 6.07) is 13.0. The van der Waals surface area contributed by atoms with E-state index in [1.807, 2.05) is 30.3 Å². The first kappa shape index (κ1) is 13.9. The molecule has 0 saturated carbocycles. The molecule has 1 amide bonds. The molecule has 3 N–H and O–H groups in total. The topological polar surface area (TPSA) is 64.4 Å². The zero-order chi connectivity index (χ0) is 14.4. The first-order valence-corrected chi connectivity index (χ1v) is 6.17. The molecule has 0 aromatic heterocycles. The molecule has 0 saturated heterocycles. The highest BCUT2D eigenvalue weighted by atomic mass is 19.1. The molecule has 0 heterocycles. The summed E-state index contributed by atoms with van der Waals surface area (Å²) < 4.78 is 18.5. The number of nitrogen functional groups attached to an aromatic ring is 1. The normalized spacial score (nSPS) is 10.1. The van der Waals surface area contributed by atoms with Crippen molar-refractivity contribution < 1.29 is 13.9 Å². The second-order valence-corrected chi connectivity index (χ2v) is 4.19. The highest BCUT2D eigenvalue weighted by Crippen LogP contribution is 2.10. The van der Waals surface area contributed by atoms with Crippen molar-refractivity contribution in [2.45, 2.75) is 0 Å². The van der Waals surface area contributed by atoms with Crippen LogP contribution < -0.4 is 15.8 Å². The molecule has 20 heavy (non-hydrogen) atoms. The molecule has 0 spiro atoms. The molecule has 5 heteroatoms. The van der Waals surface area contributed by atoms with Crippen LogP contribution in [-0.2, 0) is 0 Å². The van der Waals surface area contributed by atoms with E-state index in [1.54, 1.807) is 0 Å². The predicted molar refractivity (Wildman–Crippen MR) is 75.1 cm³/mol. The van der Waals surface area contributed by atoms with Crippen LogP contribution in [-0.4, -0.2) is 19.1 Å². The van der Waals surface area contributed by atoms with Gasteiger partial charge in [-0.15, -0.1) is 0 Å². The minimum absolute atomic E-state index is 0.196. The lowest BCUT2D eigenvalue weighted by Gasteiger charge is -2.08. The molecule has 0 bridgehead atoms. The Labute approximate surface area is 116 Å². The Morgan fingerprint density at radius 3 is 2.65 bits per heavy atom. The van der Waals surface area contributed by atoms with Gasteiger partial charge in [0.1, 0.15) is 18.2 Å². The monoisotopic (exact) mass is 274 g/mol. The Hall–Kier alpha value is -2.56. The second-order valence-electron chi connectivity index (χ2n) is 4.19. The summed E-state index contributed by atoms with van der Waals surface area (Å²) in [5.74, 6) is -0.180. The van der Waals surface area contributed by atoms with Gasteiger partial charge in [0.05, 0.1) is 6.54 Å². The van der Waals surface area contributed by atoms with Crippen LogP contribution in [0.25, 0.3) is 0 Å². The van der Waals surface area contributed by atoms with E-state index in [0.717, 1.165) is 17.9 Å². The molecule has 2 rings (SSSR count). The number of para-hydroxylation sites is 1. The third kappa shape index (κ3) is 3.98. The number of ether oxygens (including phenoxy) is 1. The molecule has 0 unspecified atom stereocenters. The SMILES string of the molecule is Nc1cc(F)cc(C(=O)NCCOc2ccccc2)c1. The molecule has 104 valence electrons. The Morgan fingerprint density at radius 1 is 1.20 bits per heavy atom. The van der Waals surface area contributed by atoms with Crippen molar-refractivity contribution in [3.8, 4) is 5.75 Å². The molecular formula is C15H15FN2O2. The summed E-state index contributed by atoms with van der Waals surface area (Å²) in [4.78, 5) is 11.8. The second kappa shape index (κ2) is 6.56. The summed E-state index contributed by atoms with van der Waals surface area (Å²) in [5, 5.41) is 2.64. The van der Waals surface area contributed by atoms with Gasteiger partial charge in [0.15, 0.2) is 0 Å². The minimum atomic E-state index is -0.532. The fourth-order valence-electron chi connectivity index (χ4n) is 1.70. The fourth-order valence-corrected chi connectivity index (χ4v) is 1.70. The van der Waals surface area contributed by atoms with Crippen LogP contribution in [0.15, 0.2) is 48.5 Å². The first-order valence-electron chi connectivity index (χ1n) is 6.17. The van der Waals surface area contributed by atoms with E-state index in [-0.39, 0.29) is 17.2 Å². The van der Waals surface area contributed by atoms with E-state index in [9.17, 15) is 9.18 Å². The zero-order valence-electron chi connectivity index (χ0n) is 10.8. The van der Waals surface area contributed by atoms with Crippen molar-refractivity contribution >= 4 is 11.6 Å². The zero-order valence-corrected chi connectivity index (χ0v) is 10.8. The average Bonchev–Trinajstić information content (AvgIpc) is 2.43. The molecule has 4 nitrogen and oxygen atoms in total. The van der Waals surface area contributed by atoms with Crippen LogP contribution in [0, 0.1) is 5.82 Å². The number of halogens is 1. The maximum atomic E-state index is 13.1. The van der Waals surface area contributed by atoms with Crippen molar-refractivity contribution in [3.05, 3.63) is 59.9 Å². The number of amides is 1. The molecule has 0 fully saturated rings. The van der Waals surface area contributed by atoms with E-state index in [0.29, 0.717) is 13.2 Å². The van der Waals surface area contributed by atoms with Crippen molar-refractivity contribution in [1.29, 1.82) is 0 Å². The number of nitrogens with two attached hydrogens (primary N) is 1. The van der Waals surface area contributed by atoms with Gasteiger partial charge in [0.2, 0.25) is 0 Å². The number of nitrogens with one attached hydrogen (secondary N) is 1. The standard InChI is InChI=1S/C15H15FN2O2/c16-12-8-11(9-13(17)10-12)15(19)18-6-7-20-14-4-2-1-3-5-14/h1-5,8-10H,6-7,17H2,(H,18,19). The summed E-state index contributed by atoms with van der Waals surface area (Å²) >= 11 is 0. The number of carbonyl (C=O) groups is 1. The van der Waals surface area contributed by atoms with Gasteiger partial charge >= 0.3 is 0 Å². The van der Waals surface area contributed by atoms with Gasteiger partial charge in [0, 0.05) is 11.3 Å². The molecule has 0 atom stereocenters. The number of hydrogen-bond donors (Lipinski definition) is 2. The number of rotatable bonds is 5. The summed E-state index contributed by atoms with van der Waals surface area (Å²) in [7, 11) is 0. The molecule has 0 radical (unpaired) electrons. The number of carbonyl (C=O) groups excluding carboxylic acids is 1. The van der Waals surface area contributed by atoms with Gasteiger partial charge in [-0.2, -0.15) is 0 Å². The Bertz CT molecular complexity index is 567. The van der Waals surface area contributed by atoms with Crippen LogP contribution in [0.5, 0.6) is 5.75 Å². The van der Waals surface area contributed by atoms with Gasteiger partial charge in [-0.1, -0.05) is 18.2 Å². The smallest absolute Gasteiger partial charge is 0.251 e. The lowest BCUT2D eigenvalue weighted by molar-refractivity contribution is 0.0946. The third-order valence-electron chi connectivity index (χ3n) is 2.58. The quantitative estimate of drug-likeness (QED) is 0.649. The number of benzene rings is 2. The number of anilines is 1. The van der Waals surface area contributed by atoms with Gasteiger partial charge in [-0.3, -0.25) is 4.79 Å². The summed E-state index contributed by atoms with van der Waals surface area (Å²) in [5.41, 5.74) is 5.90. The molecule has 0 aliphatic heterocycles. The van der Waals surface area contributed by atoms with E-state index in [2.05, 4.69) is 5.32 Å². The Kier molecular flexibility index (Phi) is 4.55. The first-order chi connectivity index (χ1) is 9.65. The van der Waals surface area contributed by atoms with E-state index < -0.39 is 5.82 Å². The summed E-state index contributed by atoms with van der Waals surface area (Å²) in [6.07, 6.45) is 0. The predicted octanol–water partition coefficient (Wildman–Crippen LogP) is 2.22. The molecule has 0 aliphatic rings. The molecule has 0 aliphatic carbocycles. The van der Waals surface area contributed by atoms with Gasteiger partial charge in [-0.25, -0.2) is 4.39 Å². The lowest BCUT2D eigenvalue weighted by atomic mass is 10.2. The lowest BCUT2D eigenvalue weighted by Crippen LogP contribution is -2.28. The van der Waals surface area contributed by atoms with Crippen LogP contribution >= 0.6 is 0 Å². The van der Waals surface area contributed by atoms with Crippen molar-refractivity contribution in [1.82, 2.24) is 5.32 Å². The van der Waals surface area contributed by atoms with Crippen molar-refractivity contribution in [2.75, 3.05) is 18.9 Å². The molecular weight excluding hydrogens is 259 g/mol.